The summed E-state index contributed by atoms with van der Waals surface area (Å²) in [6.45, 7) is 0.936. The van der Waals surface area contributed by atoms with Crippen molar-refractivity contribution >= 4 is 11.8 Å². The van der Waals surface area contributed by atoms with E-state index in [0.717, 1.165) is 23.8 Å². The maximum absolute atomic E-state index is 8.71. The van der Waals surface area contributed by atoms with Gasteiger partial charge in [0.2, 0.25) is 0 Å². The summed E-state index contributed by atoms with van der Waals surface area (Å²) in [5.74, 6) is 2.58. The lowest BCUT2D eigenvalue weighted by Gasteiger charge is -2.04. The van der Waals surface area contributed by atoms with Gasteiger partial charge in [-0.1, -0.05) is 30.3 Å². The van der Waals surface area contributed by atoms with Crippen molar-refractivity contribution in [3.63, 3.8) is 0 Å². The topological polar surface area (TPSA) is 63.8 Å². The van der Waals surface area contributed by atoms with Crippen LogP contribution in [0, 0.1) is 0 Å². The zero-order chi connectivity index (χ0) is 12.6. The summed E-state index contributed by atoms with van der Waals surface area (Å²) in [5.41, 5.74) is 1.19. The SMILES string of the molecule is OCCCSCc1nnnn1Cc1ccccc1. The summed E-state index contributed by atoms with van der Waals surface area (Å²) in [4.78, 5) is 0. The third-order valence-electron chi connectivity index (χ3n) is 2.46. The van der Waals surface area contributed by atoms with Crippen LogP contribution in [0.2, 0.25) is 0 Å². The second kappa shape index (κ2) is 7.13. The molecule has 0 spiro atoms. The number of rotatable bonds is 7. The number of aliphatic hydroxyl groups excluding tert-OH is 1. The van der Waals surface area contributed by atoms with Gasteiger partial charge in [-0.3, -0.25) is 0 Å². The number of benzene rings is 1. The van der Waals surface area contributed by atoms with Gasteiger partial charge in [-0.15, -0.1) is 5.10 Å². The molecule has 1 N–H and O–H groups in total. The van der Waals surface area contributed by atoms with Gasteiger partial charge in [-0.05, 0) is 28.2 Å². The van der Waals surface area contributed by atoms with Crippen LogP contribution < -0.4 is 0 Å². The van der Waals surface area contributed by atoms with E-state index in [0.29, 0.717) is 6.54 Å². The molecule has 18 heavy (non-hydrogen) atoms. The molecule has 0 fully saturated rings. The molecule has 5 nitrogen and oxygen atoms in total. The molecule has 0 saturated carbocycles. The normalized spacial score (nSPS) is 10.7. The van der Waals surface area contributed by atoms with Crippen LogP contribution in [0.15, 0.2) is 30.3 Å². The quantitative estimate of drug-likeness (QED) is 0.764. The number of aliphatic hydroxyl groups is 1. The van der Waals surface area contributed by atoms with Crippen LogP contribution in [0.25, 0.3) is 0 Å². The van der Waals surface area contributed by atoms with Crippen molar-refractivity contribution in [1.82, 2.24) is 20.2 Å². The number of hydrogen-bond donors (Lipinski definition) is 1. The van der Waals surface area contributed by atoms with Gasteiger partial charge in [0.05, 0.1) is 12.3 Å². The predicted molar refractivity (Wildman–Crippen MR) is 71.2 cm³/mol. The van der Waals surface area contributed by atoms with Crippen molar-refractivity contribution in [3.05, 3.63) is 41.7 Å². The third-order valence-corrected chi connectivity index (χ3v) is 3.50. The maximum atomic E-state index is 8.71. The zero-order valence-electron chi connectivity index (χ0n) is 10.1. The van der Waals surface area contributed by atoms with Gasteiger partial charge in [-0.2, -0.15) is 11.8 Å². The van der Waals surface area contributed by atoms with Crippen LogP contribution in [-0.2, 0) is 12.3 Å². The highest BCUT2D eigenvalue weighted by atomic mass is 32.2. The fraction of sp³-hybridized carbons (Fsp3) is 0.417. The summed E-state index contributed by atoms with van der Waals surface area (Å²) in [6.07, 6.45) is 0.810. The Labute approximate surface area is 110 Å². The number of nitrogens with zero attached hydrogens (tertiary/aromatic N) is 4. The molecule has 0 atom stereocenters. The van der Waals surface area contributed by atoms with Crippen LogP contribution in [0.1, 0.15) is 17.8 Å². The van der Waals surface area contributed by atoms with Crippen LogP contribution in [-0.4, -0.2) is 37.7 Å². The highest BCUT2D eigenvalue weighted by Crippen LogP contribution is 2.11. The first-order valence-electron chi connectivity index (χ1n) is 5.87. The summed E-state index contributed by atoms with van der Waals surface area (Å²) in [6, 6.07) is 10.1. The molecular weight excluding hydrogens is 248 g/mol. The second-order valence-electron chi connectivity index (χ2n) is 3.87. The van der Waals surface area contributed by atoms with E-state index in [2.05, 4.69) is 27.7 Å². The van der Waals surface area contributed by atoms with Crippen molar-refractivity contribution in [3.8, 4) is 0 Å². The van der Waals surface area contributed by atoms with Crippen LogP contribution in [0.4, 0.5) is 0 Å². The first-order valence-corrected chi connectivity index (χ1v) is 7.03. The maximum Gasteiger partial charge on any atom is 0.161 e. The highest BCUT2D eigenvalue weighted by Gasteiger charge is 2.06. The Kier molecular flexibility index (Phi) is 5.16. The first kappa shape index (κ1) is 13.0. The van der Waals surface area contributed by atoms with Crippen LogP contribution >= 0.6 is 11.8 Å². The number of hydrogen-bond acceptors (Lipinski definition) is 5. The molecule has 96 valence electrons. The van der Waals surface area contributed by atoms with Crippen LogP contribution in [0.5, 0.6) is 0 Å². The standard InChI is InChI=1S/C12H16N4OS/c17-7-4-8-18-10-12-13-14-15-16(12)9-11-5-2-1-3-6-11/h1-3,5-6,17H,4,7-10H2. The van der Waals surface area contributed by atoms with E-state index in [1.807, 2.05) is 22.9 Å². The lowest BCUT2D eigenvalue weighted by Crippen LogP contribution is -2.06. The van der Waals surface area contributed by atoms with Gasteiger partial charge >= 0.3 is 0 Å². The minimum absolute atomic E-state index is 0.238. The molecule has 0 saturated heterocycles. The van der Waals surface area contributed by atoms with E-state index >= 15 is 0 Å². The lowest BCUT2D eigenvalue weighted by atomic mass is 10.2. The average Bonchev–Trinajstić information content (AvgIpc) is 2.83. The molecule has 0 aliphatic heterocycles. The average molecular weight is 264 g/mol. The molecule has 2 aromatic rings. The van der Waals surface area contributed by atoms with E-state index in [4.69, 9.17) is 5.11 Å². The largest absolute Gasteiger partial charge is 0.396 e. The summed E-state index contributed by atoms with van der Waals surface area (Å²) >= 11 is 1.74. The van der Waals surface area contributed by atoms with Gasteiger partial charge in [0.15, 0.2) is 5.82 Å². The Bertz CT molecular complexity index is 460. The number of aromatic nitrogens is 4. The van der Waals surface area contributed by atoms with E-state index in [9.17, 15) is 0 Å². The van der Waals surface area contributed by atoms with E-state index in [1.54, 1.807) is 11.8 Å². The molecule has 0 aliphatic carbocycles. The van der Waals surface area contributed by atoms with Gasteiger partial charge in [0.1, 0.15) is 0 Å². The Morgan fingerprint density at radius 2 is 2.06 bits per heavy atom. The minimum atomic E-state index is 0.238. The Balaban J connectivity index is 1.91. The molecular formula is C12H16N4OS. The van der Waals surface area contributed by atoms with E-state index < -0.39 is 0 Å². The molecule has 1 aromatic heterocycles. The summed E-state index contributed by atoms with van der Waals surface area (Å²) in [7, 11) is 0. The number of thioether (sulfide) groups is 1. The Hall–Kier alpha value is -1.40. The summed E-state index contributed by atoms with van der Waals surface area (Å²) < 4.78 is 1.82. The zero-order valence-corrected chi connectivity index (χ0v) is 10.9. The van der Waals surface area contributed by atoms with Gasteiger partial charge in [0, 0.05) is 6.61 Å². The van der Waals surface area contributed by atoms with Crippen molar-refractivity contribution in [2.75, 3.05) is 12.4 Å². The molecule has 0 bridgehead atoms. The smallest absolute Gasteiger partial charge is 0.161 e. The molecule has 0 unspecified atom stereocenters. The molecule has 0 radical (unpaired) electrons. The number of tetrazole rings is 1. The third kappa shape index (κ3) is 3.82. The van der Waals surface area contributed by atoms with Crippen molar-refractivity contribution in [1.29, 1.82) is 0 Å². The summed E-state index contributed by atoms with van der Waals surface area (Å²) in [5, 5.41) is 20.5. The van der Waals surface area contributed by atoms with E-state index in [-0.39, 0.29) is 6.61 Å². The van der Waals surface area contributed by atoms with Crippen molar-refractivity contribution < 1.29 is 5.11 Å². The molecule has 2 rings (SSSR count). The van der Waals surface area contributed by atoms with Gasteiger partial charge in [0.25, 0.3) is 0 Å². The second-order valence-corrected chi connectivity index (χ2v) is 4.97. The van der Waals surface area contributed by atoms with Gasteiger partial charge in [-0.25, -0.2) is 4.68 Å². The molecule has 0 aliphatic rings. The monoisotopic (exact) mass is 264 g/mol. The van der Waals surface area contributed by atoms with Crippen molar-refractivity contribution in [2.24, 2.45) is 0 Å². The first-order chi connectivity index (χ1) is 8.90. The van der Waals surface area contributed by atoms with Crippen LogP contribution in [0.3, 0.4) is 0 Å². The predicted octanol–water partition coefficient (Wildman–Crippen LogP) is 1.34. The Morgan fingerprint density at radius 3 is 2.83 bits per heavy atom. The molecule has 1 heterocycles. The fourth-order valence-electron chi connectivity index (χ4n) is 1.54. The van der Waals surface area contributed by atoms with Gasteiger partial charge < -0.3 is 5.11 Å². The fourth-order valence-corrected chi connectivity index (χ4v) is 2.40. The molecule has 0 amide bonds. The molecule has 1 aromatic carbocycles. The van der Waals surface area contributed by atoms with Crippen molar-refractivity contribution in [2.45, 2.75) is 18.7 Å². The van der Waals surface area contributed by atoms with E-state index in [1.165, 1.54) is 5.56 Å². The Morgan fingerprint density at radius 1 is 1.22 bits per heavy atom. The minimum Gasteiger partial charge on any atom is -0.396 e. The lowest BCUT2D eigenvalue weighted by molar-refractivity contribution is 0.296. The highest BCUT2D eigenvalue weighted by molar-refractivity contribution is 7.98. The molecule has 6 heteroatoms.